The Kier molecular flexibility index (Phi) is 4.60. The minimum Gasteiger partial charge on any atom is -0.480 e. The summed E-state index contributed by atoms with van der Waals surface area (Å²) >= 11 is 5.69. The number of aliphatic carboxylic acids is 1. The average molecular weight is 243 g/mol. The SMILES string of the molecule is O=C(O)CNC(=O)NCc1ccc(Cl)cc1. The lowest BCUT2D eigenvalue weighted by Gasteiger charge is -2.05. The van der Waals surface area contributed by atoms with Crippen molar-refractivity contribution in [3.63, 3.8) is 0 Å². The molecular formula is C10H11ClN2O3. The Balaban J connectivity index is 2.31. The van der Waals surface area contributed by atoms with E-state index in [1.165, 1.54) is 0 Å². The van der Waals surface area contributed by atoms with Gasteiger partial charge in [-0.15, -0.1) is 0 Å². The van der Waals surface area contributed by atoms with Crippen LogP contribution in [0.15, 0.2) is 24.3 Å². The number of amides is 2. The fraction of sp³-hybridized carbons (Fsp3) is 0.200. The number of hydrogen-bond donors (Lipinski definition) is 3. The summed E-state index contributed by atoms with van der Waals surface area (Å²) < 4.78 is 0. The van der Waals surface area contributed by atoms with Crippen LogP contribution in [0.5, 0.6) is 0 Å². The number of urea groups is 1. The van der Waals surface area contributed by atoms with Crippen molar-refractivity contribution in [2.45, 2.75) is 6.54 Å². The predicted molar refractivity (Wildman–Crippen MR) is 59.3 cm³/mol. The van der Waals surface area contributed by atoms with Gasteiger partial charge in [-0.2, -0.15) is 0 Å². The second kappa shape index (κ2) is 5.97. The van der Waals surface area contributed by atoms with E-state index in [1.54, 1.807) is 24.3 Å². The van der Waals surface area contributed by atoms with Crippen LogP contribution in [0.3, 0.4) is 0 Å². The molecule has 0 saturated heterocycles. The first-order chi connectivity index (χ1) is 7.58. The number of nitrogens with one attached hydrogen (secondary N) is 2. The van der Waals surface area contributed by atoms with Gasteiger partial charge in [-0.25, -0.2) is 4.79 Å². The van der Waals surface area contributed by atoms with Gasteiger partial charge in [0, 0.05) is 11.6 Å². The lowest BCUT2D eigenvalue weighted by molar-refractivity contribution is -0.135. The largest absolute Gasteiger partial charge is 0.480 e. The van der Waals surface area contributed by atoms with E-state index in [4.69, 9.17) is 16.7 Å². The van der Waals surface area contributed by atoms with E-state index in [0.717, 1.165) is 5.56 Å². The van der Waals surface area contributed by atoms with Crippen molar-refractivity contribution in [3.8, 4) is 0 Å². The molecule has 0 radical (unpaired) electrons. The normalized spacial score (nSPS) is 9.56. The number of hydrogen-bond acceptors (Lipinski definition) is 2. The van der Waals surface area contributed by atoms with Crippen LogP contribution in [0.4, 0.5) is 4.79 Å². The summed E-state index contributed by atoms with van der Waals surface area (Å²) in [6.45, 7) is -0.0743. The molecule has 0 aliphatic heterocycles. The van der Waals surface area contributed by atoms with Crippen molar-refractivity contribution >= 4 is 23.6 Å². The van der Waals surface area contributed by atoms with Crippen LogP contribution < -0.4 is 10.6 Å². The Morgan fingerprint density at radius 2 is 1.81 bits per heavy atom. The zero-order valence-corrected chi connectivity index (χ0v) is 9.12. The number of halogens is 1. The summed E-state index contributed by atoms with van der Waals surface area (Å²) in [5, 5.41) is 13.7. The van der Waals surface area contributed by atoms with Gasteiger partial charge in [0.15, 0.2) is 0 Å². The number of benzene rings is 1. The second-order valence-electron chi connectivity index (χ2n) is 3.06. The van der Waals surface area contributed by atoms with Gasteiger partial charge in [-0.1, -0.05) is 23.7 Å². The van der Waals surface area contributed by atoms with Crippen molar-refractivity contribution in [2.24, 2.45) is 0 Å². The van der Waals surface area contributed by atoms with Crippen LogP contribution in [0.1, 0.15) is 5.56 Å². The highest BCUT2D eigenvalue weighted by molar-refractivity contribution is 6.30. The topological polar surface area (TPSA) is 78.4 Å². The molecule has 0 unspecified atom stereocenters. The van der Waals surface area contributed by atoms with Gasteiger partial charge in [-0.3, -0.25) is 4.79 Å². The van der Waals surface area contributed by atoms with Gasteiger partial charge < -0.3 is 15.7 Å². The molecule has 0 aromatic heterocycles. The van der Waals surface area contributed by atoms with E-state index in [2.05, 4.69) is 10.6 Å². The Morgan fingerprint density at radius 3 is 2.38 bits per heavy atom. The quantitative estimate of drug-likeness (QED) is 0.743. The molecule has 16 heavy (non-hydrogen) atoms. The van der Waals surface area contributed by atoms with E-state index >= 15 is 0 Å². The molecule has 1 rings (SSSR count). The van der Waals surface area contributed by atoms with E-state index in [0.29, 0.717) is 11.6 Å². The van der Waals surface area contributed by atoms with Gasteiger partial charge in [0.05, 0.1) is 0 Å². The molecule has 0 aliphatic rings. The van der Waals surface area contributed by atoms with E-state index in [1.807, 2.05) is 0 Å². The molecule has 0 aliphatic carbocycles. The monoisotopic (exact) mass is 242 g/mol. The first-order valence-corrected chi connectivity index (χ1v) is 4.93. The number of carbonyl (C=O) groups excluding carboxylic acids is 1. The van der Waals surface area contributed by atoms with Crippen LogP contribution in [0.2, 0.25) is 5.02 Å². The van der Waals surface area contributed by atoms with E-state index < -0.39 is 18.5 Å². The van der Waals surface area contributed by atoms with Gasteiger partial charge in [0.25, 0.3) is 0 Å². The molecule has 0 bridgehead atoms. The molecule has 0 fully saturated rings. The highest BCUT2D eigenvalue weighted by Crippen LogP contribution is 2.08. The maximum atomic E-state index is 11.1. The zero-order chi connectivity index (χ0) is 12.0. The standard InChI is InChI=1S/C10H11ClN2O3/c11-8-3-1-7(2-4-8)5-12-10(16)13-6-9(14)15/h1-4H,5-6H2,(H,14,15)(H2,12,13,16). The van der Waals surface area contributed by atoms with Gasteiger partial charge >= 0.3 is 12.0 Å². The number of carboxylic acid groups (broad SMARTS) is 1. The van der Waals surface area contributed by atoms with E-state index in [-0.39, 0.29) is 0 Å². The Morgan fingerprint density at radius 1 is 1.19 bits per heavy atom. The fourth-order valence-electron chi connectivity index (χ4n) is 1.00. The van der Waals surface area contributed by atoms with Crippen LogP contribution in [-0.4, -0.2) is 23.7 Å². The molecule has 0 saturated carbocycles. The molecule has 1 aromatic carbocycles. The van der Waals surface area contributed by atoms with Crippen LogP contribution in [-0.2, 0) is 11.3 Å². The molecule has 1 aromatic rings. The number of rotatable bonds is 4. The third-order valence-corrected chi connectivity index (χ3v) is 2.02. The molecule has 0 heterocycles. The smallest absolute Gasteiger partial charge is 0.323 e. The molecule has 3 N–H and O–H groups in total. The first-order valence-electron chi connectivity index (χ1n) is 4.56. The van der Waals surface area contributed by atoms with Gasteiger partial charge in [-0.05, 0) is 17.7 Å². The Hall–Kier alpha value is -1.75. The van der Waals surface area contributed by atoms with Crippen LogP contribution >= 0.6 is 11.6 Å². The summed E-state index contributed by atoms with van der Waals surface area (Å²) in [5.74, 6) is -1.08. The minimum absolute atomic E-state index is 0.322. The molecule has 6 heteroatoms. The molecule has 86 valence electrons. The summed E-state index contributed by atoms with van der Waals surface area (Å²) in [6, 6.07) is 6.47. The Bertz CT molecular complexity index is 378. The molecule has 0 atom stereocenters. The van der Waals surface area contributed by atoms with E-state index in [9.17, 15) is 9.59 Å². The van der Waals surface area contributed by atoms with Crippen molar-refractivity contribution in [1.29, 1.82) is 0 Å². The predicted octanol–water partition coefficient (Wildman–Crippen LogP) is 1.22. The van der Waals surface area contributed by atoms with Crippen molar-refractivity contribution < 1.29 is 14.7 Å². The van der Waals surface area contributed by atoms with Crippen LogP contribution in [0.25, 0.3) is 0 Å². The number of carbonyl (C=O) groups is 2. The lowest BCUT2D eigenvalue weighted by Crippen LogP contribution is -2.37. The zero-order valence-electron chi connectivity index (χ0n) is 8.37. The second-order valence-corrected chi connectivity index (χ2v) is 3.49. The third kappa shape index (κ3) is 4.65. The average Bonchev–Trinajstić information content (AvgIpc) is 2.25. The van der Waals surface area contributed by atoms with Crippen molar-refractivity contribution in [3.05, 3.63) is 34.9 Å². The summed E-state index contributed by atoms with van der Waals surface area (Å²) in [6.07, 6.45) is 0. The summed E-state index contributed by atoms with van der Waals surface area (Å²) in [5.41, 5.74) is 0.884. The third-order valence-electron chi connectivity index (χ3n) is 1.77. The molecule has 0 spiro atoms. The van der Waals surface area contributed by atoms with Crippen LogP contribution in [0, 0.1) is 0 Å². The number of carboxylic acids is 1. The summed E-state index contributed by atoms with van der Waals surface area (Å²) in [7, 11) is 0. The Labute approximate surface area is 97.4 Å². The first kappa shape index (κ1) is 12.3. The minimum atomic E-state index is -1.08. The van der Waals surface area contributed by atoms with Gasteiger partial charge in [0.2, 0.25) is 0 Å². The summed E-state index contributed by atoms with van der Waals surface area (Å²) in [4.78, 5) is 21.2. The van der Waals surface area contributed by atoms with Crippen molar-refractivity contribution in [1.82, 2.24) is 10.6 Å². The maximum Gasteiger partial charge on any atom is 0.323 e. The highest BCUT2D eigenvalue weighted by atomic mass is 35.5. The molecule has 2 amide bonds. The van der Waals surface area contributed by atoms with Gasteiger partial charge in [0.1, 0.15) is 6.54 Å². The fourth-order valence-corrected chi connectivity index (χ4v) is 1.13. The highest BCUT2D eigenvalue weighted by Gasteiger charge is 2.02. The molecule has 5 nitrogen and oxygen atoms in total. The maximum absolute atomic E-state index is 11.1. The van der Waals surface area contributed by atoms with Crippen molar-refractivity contribution in [2.75, 3.05) is 6.54 Å². The molecular weight excluding hydrogens is 232 g/mol. The lowest BCUT2D eigenvalue weighted by atomic mass is 10.2.